The molecule has 0 unspecified atom stereocenters. The zero-order valence-corrected chi connectivity index (χ0v) is 67.0. The molecule has 0 fully saturated rings. The van der Waals surface area contributed by atoms with Gasteiger partial charge in [-0.15, -0.1) is 11.3 Å². The summed E-state index contributed by atoms with van der Waals surface area (Å²) in [5.74, 6) is 4.14. The number of benzene rings is 16. The quantitative estimate of drug-likeness (QED) is 0.139. The minimum absolute atomic E-state index is 0.533. The molecule has 0 saturated heterocycles. The second-order valence-corrected chi connectivity index (χ2v) is 32.3. The van der Waals surface area contributed by atoms with Crippen LogP contribution >= 0.6 is 11.3 Å². The van der Waals surface area contributed by atoms with Crippen LogP contribution in [0.5, 0.6) is 0 Å². The number of aromatic nitrogens is 10. The first-order valence-electron chi connectivity index (χ1n) is 41.0. The number of furan rings is 3. The maximum atomic E-state index is 9.51. The summed E-state index contributed by atoms with van der Waals surface area (Å²) >= 11 is 1.68. The molecule has 16 heteroatoms. The summed E-state index contributed by atoms with van der Waals surface area (Å²) in [6.07, 6.45) is 3.61. The van der Waals surface area contributed by atoms with Crippen LogP contribution < -0.4 is 0 Å². The van der Waals surface area contributed by atoms with Crippen LogP contribution in [0, 0.1) is 17.9 Å². The Hall–Kier alpha value is -17.3. The molecule has 0 radical (unpaired) electrons. The van der Waals surface area contributed by atoms with Gasteiger partial charge in [-0.3, -0.25) is 18.7 Å². The van der Waals surface area contributed by atoms with Gasteiger partial charge in [-0.1, -0.05) is 224 Å². The molecule has 0 saturated carbocycles. The van der Waals surface area contributed by atoms with Gasteiger partial charge in [0.1, 0.15) is 27.2 Å². The highest BCUT2D eigenvalue weighted by Gasteiger charge is 2.28. The first kappa shape index (κ1) is 70.7. The van der Waals surface area contributed by atoms with Gasteiger partial charge in [-0.25, -0.2) is 24.8 Å². The third-order valence-corrected chi connectivity index (χ3v) is 25.2. The lowest BCUT2D eigenvalue weighted by molar-refractivity contribution is 0.652. The van der Waals surface area contributed by atoms with Crippen LogP contribution in [-0.4, -0.2) is 48.6 Å². The predicted octanol–water partition coefficient (Wildman–Crippen LogP) is 28.7. The van der Waals surface area contributed by atoms with Crippen molar-refractivity contribution < 1.29 is 13.3 Å². The van der Waals surface area contributed by atoms with Gasteiger partial charge >= 0.3 is 0 Å². The SMILES string of the molecule is N#Cc1cccc(-c2nc(-n3c4ccccc4c4cc5ccccc5cc43)c3c(n2)sc2ccccc23)c1.[C-]#[N+]c1ccc(-c2nc(-n3c4ccccc4c4cc5ccccc5cc43)c3c(n2)oc2ccccc23)cc1.c1ccc2cc3c(cc2c1)c1ccccc1n3-c1nc(-c2ccc3oc4ccccc4c3c2)nc2oc3cc(-c4ccncc4)ccc3c12. The van der Waals surface area contributed by atoms with Crippen molar-refractivity contribution in [1.82, 2.24) is 48.6 Å². The topological polar surface area (TPSA) is 173 Å². The second kappa shape index (κ2) is 28.2. The summed E-state index contributed by atoms with van der Waals surface area (Å²) in [4.78, 5) is 39.5. The van der Waals surface area contributed by atoms with Gasteiger partial charge in [-0.05, 0) is 171 Å². The van der Waals surface area contributed by atoms with Crippen molar-refractivity contribution in [1.29, 1.82) is 5.26 Å². The zero-order chi connectivity index (χ0) is 82.5. The molecule has 11 heterocycles. The van der Waals surface area contributed by atoms with Gasteiger partial charge in [0.15, 0.2) is 40.6 Å². The minimum atomic E-state index is 0.533. The van der Waals surface area contributed by atoms with Gasteiger partial charge in [0.2, 0.25) is 11.4 Å². The van der Waals surface area contributed by atoms with Crippen molar-refractivity contribution in [2.75, 3.05) is 0 Å². The Morgan fingerprint density at radius 3 is 1.28 bits per heavy atom. The summed E-state index contributed by atoms with van der Waals surface area (Å²) in [6.45, 7) is 7.30. The number of pyridine rings is 1. The highest BCUT2D eigenvalue weighted by molar-refractivity contribution is 7.25. The van der Waals surface area contributed by atoms with Crippen LogP contribution in [0.25, 0.3) is 252 Å². The lowest BCUT2D eigenvalue weighted by Crippen LogP contribution is -2.02. The van der Waals surface area contributed by atoms with E-state index in [-0.39, 0.29) is 0 Å². The molecule has 0 amide bonds. The Balaban J connectivity index is 0.000000104. The molecule has 0 N–H and O–H groups in total. The summed E-state index contributed by atoms with van der Waals surface area (Å²) in [5, 5.41) is 31.6. The highest BCUT2D eigenvalue weighted by Crippen LogP contribution is 2.47. The molecule has 580 valence electrons. The van der Waals surface area contributed by atoms with Gasteiger partial charge in [-0.2, -0.15) is 15.2 Å². The van der Waals surface area contributed by atoms with Crippen LogP contribution in [0.4, 0.5) is 5.69 Å². The average Bonchev–Trinajstić information content (AvgIpc) is 1.57. The fourth-order valence-electron chi connectivity index (χ4n) is 18.4. The average molecular weight is 1620 g/mol. The number of hydrogen-bond donors (Lipinski definition) is 0. The Kier molecular flexibility index (Phi) is 15.9. The van der Waals surface area contributed by atoms with E-state index in [1.807, 2.05) is 91.0 Å². The van der Waals surface area contributed by atoms with E-state index < -0.39 is 0 Å². The number of thiophene rings is 1. The first-order chi connectivity index (χ1) is 61.8. The molecule has 15 nitrogen and oxygen atoms in total. The van der Waals surface area contributed by atoms with E-state index >= 15 is 0 Å². The standard InChI is InChI=1S/C43H24N4O2.C33H18N4O.C33H18N4S/c1-2-8-27-23-36-33(21-26(27)7-1)30-9-3-5-11-35(30)47(36)42-40-32-15-13-28(25-17-19-44-20-18-25)24-39(32)49-43(40)46-41(45-42)29-14-16-38-34(22-29)31-10-4-6-12-37(31)48-38;1-34-23-16-14-20(15-17-23)31-35-32(30-25-11-5-7-13-29(25)38-33(30)36-31)37-27-12-6-4-10-24(27)26-18-21-8-2-3-9-22(21)19-28(26)37;34-19-20-8-7-11-23(16-20)31-35-32(30-25-13-4-6-15-29(25)38-33(30)36-31)37-27-14-5-3-12-24(27)26-17-21-9-1-2-10-22(21)18-28(26)37/h1-24H;2-19H;1-18H. The Labute approximate surface area is 713 Å². The molecular weight excluding hydrogens is 1560 g/mol. The molecule has 11 aromatic heterocycles. The molecule has 27 rings (SSSR count). The van der Waals surface area contributed by atoms with Crippen LogP contribution in [-0.2, 0) is 0 Å². The fraction of sp³-hybridized carbons (Fsp3) is 0. The normalized spacial score (nSPS) is 11.8. The lowest BCUT2D eigenvalue weighted by atomic mass is 10.0. The summed E-state index contributed by atoms with van der Waals surface area (Å²) < 4.78 is 27.1. The van der Waals surface area contributed by atoms with E-state index in [1.165, 1.54) is 58.6 Å². The Morgan fingerprint density at radius 2 is 0.720 bits per heavy atom. The molecule has 0 aliphatic carbocycles. The van der Waals surface area contributed by atoms with Crippen molar-refractivity contribution in [3.63, 3.8) is 0 Å². The number of para-hydroxylation sites is 5. The molecular formula is C109H60N12O3S. The maximum Gasteiger partial charge on any atom is 0.233 e. The largest absolute Gasteiger partial charge is 0.456 e. The summed E-state index contributed by atoms with van der Waals surface area (Å²) in [6, 6.07) is 123. The molecule has 27 aromatic rings. The minimum Gasteiger partial charge on any atom is -0.456 e. The van der Waals surface area contributed by atoms with E-state index in [4.69, 9.17) is 49.7 Å². The van der Waals surface area contributed by atoms with Gasteiger partial charge in [0.25, 0.3) is 0 Å². The van der Waals surface area contributed by atoms with E-state index in [0.29, 0.717) is 40.2 Å². The second-order valence-electron chi connectivity index (χ2n) is 31.3. The smallest absolute Gasteiger partial charge is 0.233 e. The van der Waals surface area contributed by atoms with Crippen molar-refractivity contribution in [3.05, 3.63) is 381 Å². The zero-order valence-electron chi connectivity index (χ0n) is 66.1. The van der Waals surface area contributed by atoms with Crippen LogP contribution in [0.1, 0.15) is 5.56 Å². The Morgan fingerprint density at radius 1 is 0.288 bits per heavy atom. The number of hydrogen-bond acceptors (Lipinski definition) is 12. The van der Waals surface area contributed by atoms with Gasteiger partial charge in [0, 0.05) is 93.0 Å². The number of rotatable bonds is 7. The first-order valence-corrected chi connectivity index (χ1v) is 41.9. The predicted molar refractivity (Wildman–Crippen MR) is 507 cm³/mol. The van der Waals surface area contributed by atoms with E-state index in [9.17, 15) is 5.26 Å². The van der Waals surface area contributed by atoms with Crippen LogP contribution in [0.3, 0.4) is 0 Å². The molecule has 0 bridgehead atoms. The number of fused-ring (bicyclic) bond motifs is 24. The number of nitrogens with zero attached hydrogens (tertiary/aromatic N) is 12. The maximum absolute atomic E-state index is 9.51. The van der Waals surface area contributed by atoms with Crippen molar-refractivity contribution >= 4 is 201 Å². The van der Waals surface area contributed by atoms with Gasteiger partial charge < -0.3 is 13.3 Å². The molecule has 0 spiro atoms. The molecule has 0 atom stereocenters. The third kappa shape index (κ3) is 11.4. The van der Waals surface area contributed by atoms with Crippen LogP contribution in [0.15, 0.2) is 377 Å². The molecule has 16 aromatic carbocycles. The lowest BCUT2D eigenvalue weighted by Gasteiger charge is -2.12. The Bertz CT molecular complexity index is 9320. The molecule has 0 aliphatic heterocycles. The van der Waals surface area contributed by atoms with Gasteiger partial charge in [0.05, 0.1) is 67.5 Å². The van der Waals surface area contributed by atoms with E-state index in [2.05, 4.69) is 272 Å². The van der Waals surface area contributed by atoms with Crippen LogP contribution in [0.2, 0.25) is 0 Å². The molecule has 0 aliphatic rings. The van der Waals surface area contributed by atoms with E-state index in [0.717, 1.165) is 159 Å². The van der Waals surface area contributed by atoms with E-state index in [1.54, 1.807) is 41.9 Å². The van der Waals surface area contributed by atoms with Crippen molar-refractivity contribution in [2.24, 2.45) is 0 Å². The highest BCUT2D eigenvalue weighted by atomic mass is 32.1. The molecule has 125 heavy (non-hydrogen) atoms. The summed E-state index contributed by atoms with van der Waals surface area (Å²) in [5.41, 5.74) is 16.6. The van der Waals surface area contributed by atoms with Crippen molar-refractivity contribution in [3.8, 4) is 68.8 Å². The fourth-order valence-corrected chi connectivity index (χ4v) is 19.5. The third-order valence-electron chi connectivity index (χ3n) is 24.2. The number of nitriles is 1. The monoisotopic (exact) mass is 1620 g/mol. The summed E-state index contributed by atoms with van der Waals surface area (Å²) in [7, 11) is 0. The van der Waals surface area contributed by atoms with Crippen molar-refractivity contribution in [2.45, 2.75) is 0 Å².